The molecule has 1 fully saturated rings. The second-order valence-corrected chi connectivity index (χ2v) is 6.35. The third kappa shape index (κ3) is 3.77. The van der Waals surface area contributed by atoms with Crippen LogP contribution in [0, 0.1) is 0 Å². The van der Waals surface area contributed by atoms with Crippen molar-refractivity contribution in [3.8, 4) is 5.75 Å². The maximum Gasteiger partial charge on any atom is 0.231 e. The van der Waals surface area contributed by atoms with Crippen LogP contribution in [0.3, 0.4) is 0 Å². The molecule has 0 spiro atoms. The third-order valence-electron chi connectivity index (χ3n) is 4.83. The van der Waals surface area contributed by atoms with Crippen molar-refractivity contribution in [2.24, 2.45) is 0 Å². The summed E-state index contributed by atoms with van der Waals surface area (Å²) in [5.41, 5.74) is 7.94. The Labute approximate surface area is 148 Å². The molecule has 1 amide bonds. The first-order chi connectivity index (χ1) is 12.1. The van der Waals surface area contributed by atoms with Gasteiger partial charge >= 0.3 is 0 Å². The summed E-state index contributed by atoms with van der Waals surface area (Å²) in [7, 11) is 1.64. The lowest BCUT2D eigenvalue weighted by molar-refractivity contribution is -0.130. The van der Waals surface area contributed by atoms with Gasteiger partial charge in [0, 0.05) is 25.4 Å². The molecule has 1 aliphatic rings. The van der Waals surface area contributed by atoms with Gasteiger partial charge in [-0.3, -0.25) is 4.79 Å². The summed E-state index contributed by atoms with van der Waals surface area (Å²) in [6.07, 6.45) is 1.34. The molecule has 0 unspecified atom stereocenters. The minimum absolute atomic E-state index is 0.0309. The molecule has 1 heterocycles. The number of nitrogen functional groups attached to an aromatic ring is 1. The van der Waals surface area contributed by atoms with Gasteiger partial charge in [0.15, 0.2) is 0 Å². The van der Waals surface area contributed by atoms with Gasteiger partial charge < -0.3 is 20.5 Å². The zero-order valence-electron chi connectivity index (χ0n) is 14.5. The van der Waals surface area contributed by atoms with Crippen molar-refractivity contribution in [3.63, 3.8) is 0 Å². The molecule has 5 heteroatoms. The number of hydrogen-bond donors (Lipinski definition) is 2. The largest absolute Gasteiger partial charge is 0.497 e. The Balaban J connectivity index is 1.80. The highest BCUT2D eigenvalue weighted by molar-refractivity contribution is 5.88. The standard InChI is InChI=1S/C20H24N2O3/c1-24-18-7-5-16(6-8-18)20(9-11-25-12-10-20)19(23)22-14-15-3-2-4-17(21)13-15/h2-8,13H,9-12,14,21H2,1H3,(H,22,23). The lowest BCUT2D eigenvalue weighted by Crippen LogP contribution is -2.47. The van der Waals surface area contributed by atoms with Crippen LogP contribution >= 0.6 is 0 Å². The number of nitrogens with one attached hydrogen (secondary N) is 1. The first kappa shape index (κ1) is 17.3. The lowest BCUT2D eigenvalue weighted by atomic mass is 9.73. The Bertz CT molecular complexity index is 722. The predicted molar refractivity (Wildman–Crippen MR) is 97.4 cm³/mol. The van der Waals surface area contributed by atoms with Crippen molar-refractivity contribution in [2.45, 2.75) is 24.8 Å². The molecule has 3 N–H and O–H groups in total. The van der Waals surface area contributed by atoms with Crippen LogP contribution in [0.1, 0.15) is 24.0 Å². The Morgan fingerprint density at radius 3 is 2.56 bits per heavy atom. The van der Waals surface area contributed by atoms with Gasteiger partial charge in [0.1, 0.15) is 5.75 Å². The maximum atomic E-state index is 13.1. The molecule has 0 aromatic heterocycles. The van der Waals surface area contributed by atoms with E-state index in [1.807, 2.05) is 48.5 Å². The molecule has 1 aliphatic heterocycles. The molecule has 0 aliphatic carbocycles. The number of benzene rings is 2. The van der Waals surface area contributed by atoms with Crippen LogP contribution in [0.2, 0.25) is 0 Å². The third-order valence-corrected chi connectivity index (χ3v) is 4.83. The number of rotatable bonds is 5. The van der Waals surface area contributed by atoms with E-state index in [0.29, 0.717) is 38.3 Å². The average Bonchev–Trinajstić information content (AvgIpc) is 2.67. The number of carbonyl (C=O) groups is 1. The van der Waals surface area contributed by atoms with E-state index >= 15 is 0 Å². The van der Waals surface area contributed by atoms with E-state index in [2.05, 4.69) is 5.32 Å². The summed E-state index contributed by atoms with van der Waals surface area (Å²) in [4.78, 5) is 13.1. The van der Waals surface area contributed by atoms with Gasteiger partial charge in [-0.2, -0.15) is 0 Å². The maximum absolute atomic E-state index is 13.1. The van der Waals surface area contributed by atoms with Crippen LogP contribution in [-0.2, 0) is 21.5 Å². The molecule has 132 valence electrons. The predicted octanol–water partition coefficient (Wildman–Crippen LogP) is 2.64. The van der Waals surface area contributed by atoms with Crippen molar-refractivity contribution in [1.29, 1.82) is 0 Å². The van der Waals surface area contributed by atoms with Crippen LogP contribution < -0.4 is 15.8 Å². The highest BCUT2D eigenvalue weighted by Crippen LogP contribution is 2.36. The van der Waals surface area contributed by atoms with Gasteiger partial charge in [0.25, 0.3) is 0 Å². The first-order valence-corrected chi connectivity index (χ1v) is 8.49. The lowest BCUT2D eigenvalue weighted by Gasteiger charge is -2.36. The van der Waals surface area contributed by atoms with E-state index < -0.39 is 5.41 Å². The molecular weight excluding hydrogens is 316 g/mol. The fraction of sp³-hybridized carbons (Fsp3) is 0.350. The molecule has 3 rings (SSSR count). The molecule has 0 saturated carbocycles. The molecule has 0 radical (unpaired) electrons. The number of methoxy groups -OCH3 is 1. The Morgan fingerprint density at radius 2 is 1.92 bits per heavy atom. The molecule has 1 saturated heterocycles. The minimum atomic E-state index is -0.565. The van der Waals surface area contributed by atoms with Crippen LogP contribution in [0.15, 0.2) is 48.5 Å². The Hall–Kier alpha value is -2.53. The van der Waals surface area contributed by atoms with Crippen molar-refractivity contribution < 1.29 is 14.3 Å². The van der Waals surface area contributed by atoms with Crippen LogP contribution in [0.4, 0.5) is 5.69 Å². The van der Waals surface area contributed by atoms with Crippen molar-refractivity contribution in [2.75, 3.05) is 26.1 Å². The highest BCUT2D eigenvalue weighted by Gasteiger charge is 2.41. The van der Waals surface area contributed by atoms with Gasteiger partial charge in [-0.05, 0) is 48.2 Å². The Morgan fingerprint density at radius 1 is 1.20 bits per heavy atom. The van der Waals surface area contributed by atoms with Gasteiger partial charge in [-0.1, -0.05) is 24.3 Å². The summed E-state index contributed by atoms with van der Waals surface area (Å²) in [6, 6.07) is 15.3. The smallest absolute Gasteiger partial charge is 0.231 e. The number of nitrogens with two attached hydrogens (primary N) is 1. The topological polar surface area (TPSA) is 73.6 Å². The second kappa shape index (κ2) is 7.57. The van der Waals surface area contributed by atoms with E-state index in [9.17, 15) is 4.79 Å². The van der Waals surface area contributed by atoms with Gasteiger partial charge in [-0.15, -0.1) is 0 Å². The van der Waals surface area contributed by atoms with Crippen molar-refractivity contribution >= 4 is 11.6 Å². The first-order valence-electron chi connectivity index (χ1n) is 8.49. The molecule has 5 nitrogen and oxygen atoms in total. The van der Waals surface area contributed by atoms with Gasteiger partial charge in [-0.25, -0.2) is 0 Å². The number of anilines is 1. The summed E-state index contributed by atoms with van der Waals surface area (Å²) >= 11 is 0. The monoisotopic (exact) mass is 340 g/mol. The molecule has 2 aromatic rings. The molecule has 0 atom stereocenters. The van der Waals surface area contributed by atoms with Crippen LogP contribution in [-0.4, -0.2) is 26.2 Å². The number of ether oxygens (including phenoxy) is 2. The van der Waals surface area contributed by atoms with Crippen molar-refractivity contribution in [1.82, 2.24) is 5.32 Å². The zero-order valence-corrected chi connectivity index (χ0v) is 14.5. The Kier molecular flexibility index (Phi) is 5.24. The van der Waals surface area contributed by atoms with E-state index in [1.54, 1.807) is 7.11 Å². The van der Waals surface area contributed by atoms with Crippen LogP contribution in [0.25, 0.3) is 0 Å². The SMILES string of the molecule is COc1ccc(C2(C(=O)NCc3cccc(N)c3)CCOCC2)cc1. The fourth-order valence-electron chi connectivity index (χ4n) is 3.33. The van der Waals surface area contributed by atoms with Gasteiger partial charge in [0.05, 0.1) is 12.5 Å². The summed E-state index contributed by atoms with van der Waals surface area (Å²) in [6.45, 7) is 1.62. The molecule has 2 aromatic carbocycles. The van der Waals surface area contributed by atoms with Crippen LogP contribution in [0.5, 0.6) is 5.75 Å². The minimum Gasteiger partial charge on any atom is -0.497 e. The summed E-state index contributed by atoms with van der Waals surface area (Å²) in [5.74, 6) is 0.814. The molecular formula is C20H24N2O3. The summed E-state index contributed by atoms with van der Waals surface area (Å²) < 4.78 is 10.7. The normalized spacial score (nSPS) is 16.2. The molecule has 25 heavy (non-hydrogen) atoms. The number of hydrogen-bond acceptors (Lipinski definition) is 4. The quantitative estimate of drug-likeness (QED) is 0.821. The van der Waals surface area contributed by atoms with Crippen molar-refractivity contribution in [3.05, 3.63) is 59.7 Å². The number of carbonyl (C=O) groups excluding carboxylic acids is 1. The molecule has 0 bridgehead atoms. The highest BCUT2D eigenvalue weighted by atomic mass is 16.5. The van der Waals surface area contributed by atoms with Gasteiger partial charge in [0.2, 0.25) is 5.91 Å². The van der Waals surface area contributed by atoms with E-state index in [4.69, 9.17) is 15.2 Å². The second-order valence-electron chi connectivity index (χ2n) is 6.35. The zero-order chi connectivity index (χ0) is 17.7. The van der Waals surface area contributed by atoms with E-state index in [1.165, 1.54) is 0 Å². The van der Waals surface area contributed by atoms with E-state index in [-0.39, 0.29) is 5.91 Å². The fourth-order valence-corrected chi connectivity index (χ4v) is 3.33. The summed E-state index contributed by atoms with van der Waals surface area (Å²) in [5, 5.41) is 3.08. The number of amides is 1. The average molecular weight is 340 g/mol. The van der Waals surface area contributed by atoms with E-state index in [0.717, 1.165) is 16.9 Å².